The van der Waals surface area contributed by atoms with Crippen LogP contribution in [0.2, 0.25) is 5.02 Å². The van der Waals surface area contributed by atoms with Gasteiger partial charge in [-0.3, -0.25) is 4.98 Å². The molecular weight excluding hydrogens is 450 g/mol. The number of nitrogens with zero attached hydrogens (tertiary/aromatic N) is 4. The summed E-state index contributed by atoms with van der Waals surface area (Å²) < 4.78 is 11.2. The fourth-order valence-electron chi connectivity index (χ4n) is 4.69. The van der Waals surface area contributed by atoms with Crippen LogP contribution in [0, 0.1) is 20.8 Å². The van der Waals surface area contributed by atoms with Gasteiger partial charge in [-0.15, -0.1) is 0 Å². The number of aromatic amines is 1. The Morgan fingerprint density at radius 3 is 2.59 bits per heavy atom. The fraction of sp³-hybridized carbons (Fsp3) is 0.154. The predicted molar refractivity (Wildman–Crippen MR) is 133 cm³/mol. The Balaban J connectivity index is 1.71. The molecule has 6 rings (SSSR count). The summed E-state index contributed by atoms with van der Waals surface area (Å²) in [5, 5.41) is 7.57. The Labute approximate surface area is 199 Å². The van der Waals surface area contributed by atoms with Crippen LogP contribution in [0.4, 0.5) is 0 Å². The summed E-state index contributed by atoms with van der Waals surface area (Å²) >= 11 is 6.34. The lowest BCUT2D eigenvalue weighted by Gasteiger charge is -2.10. The van der Waals surface area contributed by atoms with E-state index >= 15 is 0 Å². The van der Waals surface area contributed by atoms with Crippen LogP contribution in [0.15, 0.2) is 47.1 Å². The van der Waals surface area contributed by atoms with Crippen LogP contribution in [0.3, 0.4) is 0 Å². The van der Waals surface area contributed by atoms with Gasteiger partial charge in [0.05, 0.1) is 35.0 Å². The number of benzene rings is 2. The normalized spacial score (nSPS) is 11.7. The molecule has 8 heteroatoms. The van der Waals surface area contributed by atoms with Crippen molar-refractivity contribution in [2.75, 3.05) is 7.11 Å². The zero-order chi connectivity index (χ0) is 23.6. The number of aryl methyl sites for hydroxylation is 3. The molecule has 0 fully saturated rings. The summed E-state index contributed by atoms with van der Waals surface area (Å²) in [4.78, 5) is 17.5. The lowest BCUT2D eigenvalue weighted by atomic mass is 9.99. The molecule has 0 bridgehead atoms. The van der Waals surface area contributed by atoms with Gasteiger partial charge < -0.3 is 14.2 Å². The lowest BCUT2D eigenvalue weighted by molar-refractivity contribution is 0.393. The number of halogens is 1. The van der Waals surface area contributed by atoms with E-state index in [1.807, 2.05) is 51.1 Å². The fourth-order valence-corrected chi connectivity index (χ4v) is 4.86. The molecule has 1 N–H and O–H groups in total. The van der Waals surface area contributed by atoms with Crippen molar-refractivity contribution in [2.24, 2.45) is 0 Å². The molecule has 0 aliphatic carbocycles. The molecule has 34 heavy (non-hydrogen) atoms. The zero-order valence-corrected chi connectivity index (χ0v) is 19.8. The van der Waals surface area contributed by atoms with Crippen molar-refractivity contribution in [1.29, 1.82) is 0 Å². The van der Waals surface area contributed by atoms with Gasteiger partial charge in [-0.1, -0.05) is 16.8 Å². The zero-order valence-electron chi connectivity index (χ0n) is 19.0. The lowest BCUT2D eigenvalue weighted by Crippen LogP contribution is -1.94. The van der Waals surface area contributed by atoms with E-state index in [2.05, 4.69) is 21.2 Å². The number of rotatable bonds is 3. The van der Waals surface area contributed by atoms with E-state index in [0.29, 0.717) is 10.8 Å². The summed E-state index contributed by atoms with van der Waals surface area (Å²) in [6, 6.07) is 11.7. The molecular formula is C26H20ClN5O2. The second kappa shape index (κ2) is 7.53. The van der Waals surface area contributed by atoms with E-state index in [9.17, 15) is 0 Å². The smallest absolute Gasteiger partial charge is 0.142 e. The number of nitrogens with one attached hydrogen (secondary N) is 1. The van der Waals surface area contributed by atoms with Crippen molar-refractivity contribution < 1.29 is 9.26 Å². The molecule has 0 saturated carbocycles. The maximum Gasteiger partial charge on any atom is 0.142 e. The van der Waals surface area contributed by atoms with Gasteiger partial charge in [0.2, 0.25) is 0 Å². The molecule has 0 aliphatic rings. The Kier molecular flexibility index (Phi) is 4.57. The van der Waals surface area contributed by atoms with E-state index in [0.717, 1.165) is 72.4 Å². The Bertz CT molecular complexity index is 1730. The SMILES string of the molecule is COc1cc2c(cc1-c1c(C)noc1C)[nH]c1nc(C)nc(-c3ccnc4ccc(Cl)cc34)c12. The first-order valence-electron chi connectivity index (χ1n) is 10.8. The minimum atomic E-state index is 0.647. The Hall–Kier alpha value is -3.97. The third kappa shape index (κ3) is 3.04. The summed E-state index contributed by atoms with van der Waals surface area (Å²) in [5.74, 6) is 2.12. The quantitative estimate of drug-likeness (QED) is 0.315. The summed E-state index contributed by atoms with van der Waals surface area (Å²) in [6.07, 6.45) is 1.79. The second-order valence-corrected chi connectivity index (χ2v) is 8.72. The standard InChI is InChI=1S/C26H20ClN5O2/c1-12-23(13(2)34-32-12)19-10-21-18(11-22(19)33-4)24-25(29-14(3)30-26(24)31-21)16-7-8-28-20-6-5-15(27)9-17(16)20/h5-11H,1-4H3,(H,29,30,31). The molecule has 4 aromatic heterocycles. The first kappa shape index (κ1) is 20.6. The van der Waals surface area contributed by atoms with E-state index in [-0.39, 0.29) is 0 Å². The minimum Gasteiger partial charge on any atom is -0.496 e. The number of fused-ring (bicyclic) bond motifs is 4. The highest BCUT2D eigenvalue weighted by atomic mass is 35.5. The maximum absolute atomic E-state index is 6.34. The van der Waals surface area contributed by atoms with Crippen LogP contribution in [0.5, 0.6) is 5.75 Å². The molecule has 0 amide bonds. The highest BCUT2D eigenvalue weighted by Crippen LogP contribution is 2.42. The number of hydrogen-bond acceptors (Lipinski definition) is 6. The molecule has 0 unspecified atom stereocenters. The summed E-state index contributed by atoms with van der Waals surface area (Å²) in [5.41, 5.74) is 6.92. The van der Waals surface area contributed by atoms with Crippen LogP contribution in [-0.2, 0) is 0 Å². The van der Waals surface area contributed by atoms with Crippen molar-refractivity contribution in [3.8, 4) is 28.1 Å². The number of methoxy groups -OCH3 is 1. The average molecular weight is 470 g/mol. The van der Waals surface area contributed by atoms with E-state index in [1.54, 1.807) is 13.3 Å². The third-order valence-corrected chi connectivity index (χ3v) is 6.38. The van der Waals surface area contributed by atoms with Crippen LogP contribution in [0.1, 0.15) is 17.3 Å². The molecule has 0 saturated heterocycles. The van der Waals surface area contributed by atoms with Crippen LogP contribution in [-0.4, -0.2) is 32.2 Å². The van der Waals surface area contributed by atoms with Gasteiger partial charge in [0.15, 0.2) is 0 Å². The van der Waals surface area contributed by atoms with E-state index < -0.39 is 0 Å². The Morgan fingerprint density at radius 2 is 1.82 bits per heavy atom. The number of aromatic nitrogens is 5. The topological polar surface area (TPSA) is 89.7 Å². The number of pyridine rings is 1. The highest BCUT2D eigenvalue weighted by Gasteiger charge is 2.21. The van der Waals surface area contributed by atoms with Gasteiger partial charge in [-0.2, -0.15) is 0 Å². The van der Waals surface area contributed by atoms with Crippen molar-refractivity contribution in [3.05, 3.63) is 64.9 Å². The molecule has 0 aliphatic heterocycles. The predicted octanol–water partition coefficient (Wildman–Crippen LogP) is 6.57. The maximum atomic E-state index is 6.34. The van der Waals surface area contributed by atoms with Crippen molar-refractivity contribution in [2.45, 2.75) is 20.8 Å². The highest BCUT2D eigenvalue weighted by molar-refractivity contribution is 6.31. The van der Waals surface area contributed by atoms with Crippen LogP contribution < -0.4 is 4.74 Å². The molecule has 0 radical (unpaired) electrons. The molecule has 7 nitrogen and oxygen atoms in total. The molecule has 0 spiro atoms. The van der Waals surface area contributed by atoms with Gasteiger partial charge in [0.1, 0.15) is 23.0 Å². The molecule has 2 aromatic carbocycles. The summed E-state index contributed by atoms with van der Waals surface area (Å²) in [7, 11) is 1.66. The van der Waals surface area contributed by atoms with Crippen LogP contribution >= 0.6 is 11.6 Å². The van der Waals surface area contributed by atoms with Gasteiger partial charge in [0, 0.05) is 38.6 Å². The molecule has 0 atom stereocenters. The van der Waals surface area contributed by atoms with E-state index in [1.165, 1.54) is 0 Å². The van der Waals surface area contributed by atoms with Gasteiger partial charge in [0.25, 0.3) is 0 Å². The van der Waals surface area contributed by atoms with Gasteiger partial charge in [-0.05, 0) is 57.2 Å². The molecule has 4 heterocycles. The first-order valence-corrected chi connectivity index (χ1v) is 11.2. The minimum absolute atomic E-state index is 0.647. The monoisotopic (exact) mass is 469 g/mol. The summed E-state index contributed by atoms with van der Waals surface area (Å²) in [6.45, 7) is 5.71. The van der Waals surface area contributed by atoms with E-state index in [4.69, 9.17) is 30.8 Å². The average Bonchev–Trinajstić information content (AvgIpc) is 3.35. The van der Waals surface area contributed by atoms with Crippen molar-refractivity contribution in [1.82, 2.24) is 25.1 Å². The molecule has 6 aromatic rings. The van der Waals surface area contributed by atoms with Crippen molar-refractivity contribution in [3.63, 3.8) is 0 Å². The Morgan fingerprint density at radius 1 is 0.971 bits per heavy atom. The second-order valence-electron chi connectivity index (χ2n) is 8.29. The molecule has 168 valence electrons. The third-order valence-electron chi connectivity index (χ3n) is 6.14. The number of hydrogen-bond donors (Lipinski definition) is 1. The van der Waals surface area contributed by atoms with Gasteiger partial charge >= 0.3 is 0 Å². The van der Waals surface area contributed by atoms with Crippen molar-refractivity contribution >= 4 is 44.4 Å². The largest absolute Gasteiger partial charge is 0.496 e. The first-order chi connectivity index (χ1) is 16.4. The number of H-pyrrole nitrogens is 1. The number of ether oxygens (including phenoxy) is 1. The van der Waals surface area contributed by atoms with Gasteiger partial charge in [-0.25, -0.2) is 9.97 Å². The van der Waals surface area contributed by atoms with Crippen LogP contribution in [0.25, 0.3) is 55.2 Å².